The second-order valence-corrected chi connectivity index (χ2v) is 7.18. The number of hydrogen-bond acceptors (Lipinski definition) is 5. The molecule has 1 amide bonds. The molecule has 31 heavy (non-hydrogen) atoms. The summed E-state index contributed by atoms with van der Waals surface area (Å²) in [6.07, 6.45) is 4.15. The highest BCUT2D eigenvalue weighted by atomic mass is 16.3. The van der Waals surface area contributed by atoms with E-state index < -0.39 is 0 Å². The Balaban J connectivity index is 1.75. The number of amides is 1. The first kappa shape index (κ1) is 20.3. The molecule has 0 unspecified atom stereocenters. The summed E-state index contributed by atoms with van der Waals surface area (Å²) in [5.41, 5.74) is 2.89. The van der Waals surface area contributed by atoms with Gasteiger partial charge in [-0.3, -0.25) is 4.79 Å². The van der Waals surface area contributed by atoms with Gasteiger partial charge in [0.1, 0.15) is 11.5 Å². The van der Waals surface area contributed by atoms with Crippen molar-refractivity contribution in [3.63, 3.8) is 0 Å². The van der Waals surface area contributed by atoms with Crippen LogP contribution >= 0.6 is 0 Å². The van der Waals surface area contributed by atoms with Crippen molar-refractivity contribution in [2.24, 2.45) is 0 Å². The molecule has 0 saturated carbocycles. The van der Waals surface area contributed by atoms with E-state index in [0.717, 1.165) is 23.2 Å². The smallest absolute Gasteiger partial charge is 0.274 e. The predicted molar refractivity (Wildman–Crippen MR) is 120 cm³/mol. The predicted octanol–water partition coefficient (Wildman–Crippen LogP) is 5.08. The summed E-state index contributed by atoms with van der Waals surface area (Å²) in [4.78, 5) is 13.4. The van der Waals surface area contributed by atoms with Crippen molar-refractivity contribution in [1.29, 1.82) is 0 Å². The molecule has 0 radical (unpaired) electrons. The van der Waals surface area contributed by atoms with Crippen LogP contribution in [0.1, 0.15) is 37.5 Å². The Bertz CT molecular complexity index is 1180. The van der Waals surface area contributed by atoms with Crippen LogP contribution in [0.4, 0.5) is 5.69 Å². The van der Waals surface area contributed by atoms with Gasteiger partial charge < -0.3 is 9.73 Å². The molecule has 0 spiro atoms. The highest BCUT2D eigenvalue weighted by Crippen LogP contribution is 2.28. The Morgan fingerprint density at radius 1 is 1.10 bits per heavy atom. The van der Waals surface area contributed by atoms with Gasteiger partial charge in [0.15, 0.2) is 5.82 Å². The topological polar surface area (TPSA) is 85.8 Å². The lowest BCUT2D eigenvalue weighted by Crippen LogP contribution is -2.20. The fraction of sp³-hybridized carbons (Fsp3) is 0.167. The highest BCUT2D eigenvalue weighted by molar-refractivity contribution is 6.24. The van der Waals surface area contributed by atoms with Crippen LogP contribution in [0, 0.1) is 0 Å². The van der Waals surface area contributed by atoms with Crippen molar-refractivity contribution in [3.8, 4) is 11.4 Å². The van der Waals surface area contributed by atoms with Crippen LogP contribution in [-0.2, 0) is 4.79 Å². The average Bonchev–Trinajstić information content (AvgIpc) is 3.50. The Kier molecular flexibility index (Phi) is 6.03. The van der Waals surface area contributed by atoms with Crippen LogP contribution < -0.4 is 5.32 Å². The highest BCUT2D eigenvalue weighted by Gasteiger charge is 2.21. The number of aromatic nitrogens is 4. The number of nitrogens with one attached hydrogen (secondary N) is 1. The Morgan fingerprint density at radius 2 is 1.87 bits per heavy atom. The molecule has 2 aromatic heterocycles. The number of furan rings is 1. The van der Waals surface area contributed by atoms with E-state index in [1.165, 1.54) is 4.68 Å². The Morgan fingerprint density at radius 3 is 2.61 bits per heavy atom. The monoisotopic (exact) mass is 413 g/mol. The number of rotatable bonds is 7. The Labute approximate surface area is 180 Å². The van der Waals surface area contributed by atoms with Gasteiger partial charge >= 0.3 is 0 Å². The molecule has 2 heterocycles. The van der Waals surface area contributed by atoms with Crippen molar-refractivity contribution in [2.75, 3.05) is 5.32 Å². The summed E-state index contributed by atoms with van der Waals surface area (Å²) < 4.78 is 6.88. The summed E-state index contributed by atoms with van der Waals surface area (Å²) in [7, 11) is 0. The van der Waals surface area contributed by atoms with Crippen molar-refractivity contribution in [3.05, 3.63) is 84.3 Å². The van der Waals surface area contributed by atoms with Gasteiger partial charge in [0.25, 0.3) is 5.91 Å². The van der Waals surface area contributed by atoms with Crippen LogP contribution in [0.5, 0.6) is 0 Å². The number of para-hydroxylation sites is 1. The van der Waals surface area contributed by atoms with E-state index in [9.17, 15) is 4.79 Å². The van der Waals surface area contributed by atoms with Crippen LogP contribution in [0.2, 0.25) is 0 Å². The minimum atomic E-state index is -0.336. The first-order valence-corrected chi connectivity index (χ1v) is 10.2. The summed E-state index contributed by atoms with van der Waals surface area (Å²) in [5.74, 6) is 0.956. The van der Waals surface area contributed by atoms with Crippen LogP contribution in [0.15, 0.2) is 77.4 Å². The molecule has 4 aromatic rings. The van der Waals surface area contributed by atoms with Crippen LogP contribution in [-0.4, -0.2) is 26.1 Å². The summed E-state index contributed by atoms with van der Waals surface area (Å²) >= 11 is 0. The number of anilines is 1. The molecule has 7 nitrogen and oxygen atoms in total. The largest absolute Gasteiger partial charge is 0.465 e. The van der Waals surface area contributed by atoms with E-state index in [4.69, 9.17) is 4.42 Å². The van der Waals surface area contributed by atoms with E-state index in [1.807, 2.05) is 54.6 Å². The van der Waals surface area contributed by atoms with Gasteiger partial charge in [-0.05, 0) is 46.5 Å². The van der Waals surface area contributed by atoms with Gasteiger partial charge in [0, 0.05) is 17.3 Å². The van der Waals surface area contributed by atoms with Gasteiger partial charge in [-0.25, -0.2) is 0 Å². The molecule has 7 heteroatoms. The molecular formula is C24H23N5O2. The van der Waals surface area contributed by atoms with E-state index in [1.54, 1.807) is 24.5 Å². The fourth-order valence-corrected chi connectivity index (χ4v) is 3.29. The number of carbonyl (C=O) groups excluding carboxylic acids is 1. The molecule has 2 aromatic carbocycles. The van der Waals surface area contributed by atoms with Gasteiger partial charge in [0.2, 0.25) is 0 Å². The molecule has 1 N–H and O–H groups in total. The molecule has 0 aliphatic carbocycles. The minimum Gasteiger partial charge on any atom is -0.465 e. The lowest BCUT2D eigenvalue weighted by atomic mass is 9.97. The van der Waals surface area contributed by atoms with E-state index in [-0.39, 0.29) is 11.6 Å². The zero-order valence-electron chi connectivity index (χ0n) is 17.4. The van der Waals surface area contributed by atoms with Gasteiger partial charge in [-0.15, -0.1) is 5.10 Å². The molecule has 4 rings (SSSR count). The molecule has 0 bridgehead atoms. The first-order chi connectivity index (χ1) is 15.2. The molecule has 0 aliphatic heterocycles. The molecule has 0 fully saturated rings. The number of benzene rings is 2. The maximum absolute atomic E-state index is 13.4. The summed E-state index contributed by atoms with van der Waals surface area (Å²) in [6, 6.07) is 20.8. The van der Waals surface area contributed by atoms with Crippen molar-refractivity contribution >= 4 is 23.4 Å². The zero-order chi connectivity index (χ0) is 21.6. The molecule has 1 atom stereocenters. The fourth-order valence-electron chi connectivity index (χ4n) is 3.29. The number of nitrogens with zero attached hydrogens (tertiary/aromatic N) is 4. The van der Waals surface area contributed by atoms with E-state index >= 15 is 0 Å². The number of carbonyl (C=O) groups is 1. The number of hydrogen-bond donors (Lipinski definition) is 1. The summed E-state index contributed by atoms with van der Waals surface area (Å²) in [6.45, 7) is 4.26. The normalized spacial score (nSPS) is 12.5. The van der Waals surface area contributed by atoms with Gasteiger partial charge in [-0.2, -0.15) is 4.68 Å². The zero-order valence-corrected chi connectivity index (χ0v) is 17.4. The summed E-state index contributed by atoms with van der Waals surface area (Å²) in [5, 5.41) is 15.1. The molecule has 0 saturated heterocycles. The number of tetrazole rings is 1. The third kappa shape index (κ3) is 4.45. The maximum atomic E-state index is 13.4. The van der Waals surface area contributed by atoms with E-state index in [2.05, 4.69) is 34.7 Å². The van der Waals surface area contributed by atoms with Gasteiger partial charge in [0.05, 0.1) is 6.26 Å². The van der Waals surface area contributed by atoms with Crippen molar-refractivity contribution in [1.82, 2.24) is 20.2 Å². The van der Waals surface area contributed by atoms with Crippen LogP contribution in [0.3, 0.4) is 0 Å². The molecule has 156 valence electrons. The third-order valence-corrected chi connectivity index (χ3v) is 5.14. The second kappa shape index (κ2) is 9.21. The second-order valence-electron chi connectivity index (χ2n) is 7.18. The Hall–Kier alpha value is -4.00. The van der Waals surface area contributed by atoms with Gasteiger partial charge in [-0.1, -0.05) is 62.4 Å². The maximum Gasteiger partial charge on any atom is 0.274 e. The lowest BCUT2D eigenvalue weighted by Gasteiger charge is -2.16. The third-order valence-electron chi connectivity index (χ3n) is 5.14. The standard InChI is InChI=1S/C24H23N5O2/c1-3-17(2)20-13-7-8-14-21(20)25-24(30)22(16-19-12-9-15-31-19)29-23(26-27-28-29)18-10-5-4-6-11-18/h4-17H,3H2,1-2H3,(H,25,30)/b22-16+/t17-/m1/s1. The van der Waals surface area contributed by atoms with Crippen molar-refractivity contribution < 1.29 is 9.21 Å². The van der Waals surface area contributed by atoms with Crippen molar-refractivity contribution in [2.45, 2.75) is 26.2 Å². The SMILES string of the molecule is CC[C@@H](C)c1ccccc1NC(=O)/C(=C\c1ccco1)n1nnnc1-c1ccccc1. The average molecular weight is 413 g/mol. The molecular weight excluding hydrogens is 390 g/mol. The quantitative estimate of drug-likeness (QED) is 0.427. The lowest BCUT2D eigenvalue weighted by molar-refractivity contribution is -0.111. The first-order valence-electron chi connectivity index (χ1n) is 10.2. The molecule has 0 aliphatic rings. The minimum absolute atomic E-state index is 0.248. The van der Waals surface area contributed by atoms with Crippen LogP contribution in [0.25, 0.3) is 23.2 Å². The van der Waals surface area contributed by atoms with E-state index in [0.29, 0.717) is 17.5 Å².